The number of carbonyl (C=O) groups is 1. The van der Waals surface area contributed by atoms with E-state index in [1.165, 1.54) is 11.8 Å². The summed E-state index contributed by atoms with van der Waals surface area (Å²) in [5.41, 5.74) is 2.50. The van der Waals surface area contributed by atoms with Crippen molar-refractivity contribution in [2.24, 2.45) is 0 Å². The minimum absolute atomic E-state index is 0.308. The molecule has 4 rings (SSSR count). The highest BCUT2D eigenvalue weighted by molar-refractivity contribution is 7.98. The predicted octanol–water partition coefficient (Wildman–Crippen LogP) is 5.94. The molecule has 7 heteroatoms. The fourth-order valence-electron chi connectivity index (χ4n) is 3.00. The molecule has 1 heterocycles. The number of halogens is 1. The second-order valence-corrected chi connectivity index (χ2v) is 7.96. The van der Waals surface area contributed by atoms with E-state index in [4.69, 9.17) is 11.6 Å². The average molecular weight is 445 g/mol. The van der Waals surface area contributed by atoms with Crippen molar-refractivity contribution in [3.8, 4) is 11.8 Å². The van der Waals surface area contributed by atoms with E-state index in [-0.39, 0.29) is 5.91 Å². The Morgan fingerprint density at radius 3 is 2.32 bits per heavy atom. The summed E-state index contributed by atoms with van der Waals surface area (Å²) in [4.78, 5) is 12.8. The van der Waals surface area contributed by atoms with Crippen molar-refractivity contribution in [3.05, 3.63) is 107 Å². The van der Waals surface area contributed by atoms with Crippen LogP contribution in [0.15, 0.2) is 90.0 Å². The molecule has 1 aromatic heterocycles. The maximum absolute atomic E-state index is 12.8. The Bertz CT molecular complexity index is 1250. The molecule has 31 heavy (non-hydrogen) atoms. The van der Waals surface area contributed by atoms with Crippen LogP contribution in [0.25, 0.3) is 5.69 Å². The van der Waals surface area contributed by atoms with Gasteiger partial charge in [-0.05, 0) is 35.9 Å². The van der Waals surface area contributed by atoms with Gasteiger partial charge in [-0.2, -0.15) is 10.4 Å². The van der Waals surface area contributed by atoms with Crippen molar-refractivity contribution in [1.29, 1.82) is 5.26 Å². The highest BCUT2D eigenvalue weighted by Crippen LogP contribution is 2.33. The quantitative estimate of drug-likeness (QED) is 0.373. The molecule has 0 radical (unpaired) electrons. The summed E-state index contributed by atoms with van der Waals surface area (Å²) >= 11 is 7.67. The molecule has 0 aliphatic rings. The summed E-state index contributed by atoms with van der Waals surface area (Å²) in [6.07, 6.45) is 0. The second-order valence-electron chi connectivity index (χ2n) is 6.59. The van der Waals surface area contributed by atoms with E-state index in [0.29, 0.717) is 32.7 Å². The monoisotopic (exact) mass is 444 g/mol. The van der Waals surface area contributed by atoms with Crippen molar-refractivity contribution in [3.63, 3.8) is 0 Å². The molecule has 1 amide bonds. The van der Waals surface area contributed by atoms with E-state index in [9.17, 15) is 10.1 Å². The lowest BCUT2D eigenvalue weighted by atomic mass is 10.2. The molecule has 0 aliphatic heterocycles. The second kappa shape index (κ2) is 9.52. The molecule has 0 spiro atoms. The Morgan fingerprint density at radius 2 is 1.65 bits per heavy atom. The van der Waals surface area contributed by atoms with Crippen LogP contribution in [0.2, 0.25) is 5.02 Å². The van der Waals surface area contributed by atoms with Gasteiger partial charge in [0, 0.05) is 16.3 Å². The molecule has 152 valence electrons. The molecule has 0 fully saturated rings. The fraction of sp³-hybridized carbons (Fsp3) is 0.0417. The van der Waals surface area contributed by atoms with Crippen LogP contribution in [0.4, 0.5) is 5.82 Å². The number of hydrogen-bond donors (Lipinski definition) is 1. The number of thioether (sulfide) groups is 1. The van der Waals surface area contributed by atoms with Crippen molar-refractivity contribution >= 4 is 35.1 Å². The van der Waals surface area contributed by atoms with Crippen LogP contribution in [0, 0.1) is 11.3 Å². The number of anilines is 1. The topological polar surface area (TPSA) is 70.7 Å². The fourth-order valence-corrected chi connectivity index (χ4v) is 4.25. The minimum atomic E-state index is -0.308. The first-order chi connectivity index (χ1) is 15.2. The highest BCUT2D eigenvalue weighted by Gasteiger charge is 2.22. The van der Waals surface area contributed by atoms with Crippen LogP contribution in [-0.2, 0) is 5.75 Å². The normalized spacial score (nSPS) is 10.5. The van der Waals surface area contributed by atoms with Gasteiger partial charge in [-0.3, -0.25) is 4.79 Å². The molecule has 0 saturated carbocycles. The van der Waals surface area contributed by atoms with E-state index in [1.54, 1.807) is 28.9 Å². The Morgan fingerprint density at radius 1 is 1.00 bits per heavy atom. The Balaban J connectivity index is 1.72. The Kier molecular flexibility index (Phi) is 6.37. The largest absolute Gasteiger partial charge is 0.305 e. The Labute approximate surface area is 189 Å². The van der Waals surface area contributed by atoms with Crippen molar-refractivity contribution < 1.29 is 4.79 Å². The van der Waals surface area contributed by atoms with E-state index in [2.05, 4.69) is 16.5 Å². The van der Waals surface area contributed by atoms with Gasteiger partial charge in [-0.1, -0.05) is 78.0 Å². The molecule has 1 N–H and O–H groups in total. The number of amides is 1. The third-order valence-corrected chi connectivity index (χ3v) is 5.94. The van der Waals surface area contributed by atoms with Crippen LogP contribution in [-0.4, -0.2) is 15.7 Å². The third kappa shape index (κ3) is 4.64. The molecule has 0 saturated heterocycles. The van der Waals surface area contributed by atoms with E-state index >= 15 is 0 Å². The van der Waals surface area contributed by atoms with Gasteiger partial charge in [0.15, 0.2) is 5.82 Å². The maximum atomic E-state index is 12.8. The summed E-state index contributed by atoms with van der Waals surface area (Å²) < 4.78 is 1.59. The number of para-hydroxylation sites is 1. The summed E-state index contributed by atoms with van der Waals surface area (Å²) in [5.74, 6) is 0.577. The first-order valence-electron chi connectivity index (χ1n) is 9.48. The van der Waals surface area contributed by atoms with Gasteiger partial charge in [-0.25, -0.2) is 4.68 Å². The van der Waals surface area contributed by atoms with Gasteiger partial charge in [0.2, 0.25) is 0 Å². The van der Waals surface area contributed by atoms with Crippen LogP contribution in [0.5, 0.6) is 0 Å². The molecule has 0 aliphatic carbocycles. The van der Waals surface area contributed by atoms with Crippen molar-refractivity contribution in [1.82, 2.24) is 9.78 Å². The van der Waals surface area contributed by atoms with Gasteiger partial charge in [0.05, 0.1) is 5.69 Å². The number of hydrogen-bond acceptors (Lipinski definition) is 4. The van der Waals surface area contributed by atoms with Gasteiger partial charge in [-0.15, -0.1) is 0 Å². The lowest BCUT2D eigenvalue weighted by molar-refractivity contribution is 0.102. The third-order valence-electron chi connectivity index (χ3n) is 4.56. The van der Waals surface area contributed by atoms with Crippen molar-refractivity contribution in [2.75, 3.05) is 5.32 Å². The summed E-state index contributed by atoms with van der Waals surface area (Å²) in [6, 6.07) is 28.0. The van der Waals surface area contributed by atoms with Crippen molar-refractivity contribution in [2.45, 2.75) is 10.8 Å². The SMILES string of the molecule is N#Cc1c(SCc2ccccc2Cl)nn(-c2ccccc2)c1NC(=O)c1ccccc1. The van der Waals surface area contributed by atoms with Crippen LogP contribution >= 0.6 is 23.4 Å². The molecule has 0 unspecified atom stereocenters. The van der Waals surface area contributed by atoms with Gasteiger partial charge in [0.25, 0.3) is 5.91 Å². The standard InChI is InChI=1S/C24H17ClN4OS/c25-21-14-8-7-11-18(21)16-31-24-20(15-26)22(27-23(30)17-9-3-1-4-10-17)29(28-24)19-12-5-2-6-13-19/h1-14H,16H2,(H,27,30). The van der Waals surface area contributed by atoms with E-state index < -0.39 is 0 Å². The number of rotatable bonds is 6. The lowest BCUT2D eigenvalue weighted by Gasteiger charge is -2.09. The first kappa shape index (κ1) is 20.7. The number of nitrogens with one attached hydrogen (secondary N) is 1. The van der Waals surface area contributed by atoms with Gasteiger partial charge < -0.3 is 5.32 Å². The van der Waals surface area contributed by atoms with E-state index in [1.807, 2.05) is 60.7 Å². The molecule has 0 atom stereocenters. The molecule has 5 nitrogen and oxygen atoms in total. The predicted molar refractivity (Wildman–Crippen MR) is 124 cm³/mol. The first-order valence-corrected chi connectivity index (χ1v) is 10.8. The van der Waals surface area contributed by atoms with E-state index in [0.717, 1.165) is 11.3 Å². The van der Waals surface area contributed by atoms with Gasteiger partial charge >= 0.3 is 0 Å². The highest BCUT2D eigenvalue weighted by atomic mass is 35.5. The number of nitrogens with zero attached hydrogens (tertiary/aromatic N) is 3. The average Bonchev–Trinajstić information content (AvgIpc) is 3.16. The van der Waals surface area contributed by atoms with Gasteiger partial charge in [0.1, 0.15) is 16.7 Å². The van der Waals surface area contributed by atoms with Crippen LogP contribution in [0.3, 0.4) is 0 Å². The number of aromatic nitrogens is 2. The number of carbonyl (C=O) groups excluding carboxylic acids is 1. The molecule has 3 aromatic carbocycles. The molecular formula is C24H17ClN4OS. The smallest absolute Gasteiger partial charge is 0.256 e. The molecular weight excluding hydrogens is 428 g/mol. The molecule has 0 bridgehead atoms. The minimum Gasteiger partial charge on any atom is -0.305 e. The lowest BCUT2D eigenvalue weighted by Crippen LogP contribution is -2.15. The summed E-state index contributed by atoms with van der Waals surface area (Å²) in [6.45, 7) is 0. The zero-order valence-corrected chi connectivity index (χ0v) is 17.9. The zero-order chi connectivity index (χ0) is 21.6. The summed E-state index contributed by atoms with van der Waals surface area (Å²) in [7, 11) is 0. The molecule has 4 aromatic rings. The number of nitriles is 1. The van der Waals surface area contributed by atoms with Crippen LogP contribution in [0.1, 0.15) is 21.5 Å². The van der Waals surface area contributed by atoms with Crippen LogP contribution < -0.4 is 5.32 Å². The maximum Gasteiger partial charge on any atom is 0.256 e. The Hall–Kier alpha value is -3.53. The summed E-state index contributed by atoms with van der Waals surface area (Å²) in [5, 5.41) is 18.6. The zero-order valence-electron chi connectivity index (χ0n) is 16.3. The number of benzene rings is 3.